The van der Waals surface area contributed by atoms with Crippen LogP contribution in [0.1, 0.15) is 52.8 Å². The Morgan fingerprint density at radius 3 is 2.50 bits per heavy atom. The second kappa shape index (κ2) is 11.9. The average molecular weight is 494 g/mol. The molecule has 1 fully saturated rings. The Hall–Kier alpha value is -3.52. The number of hydrogen-bond donors (Lipinski definition) is 0. The molecular weight excluding hydrogens is 461 g/mol. The fourth-order valence-electron chi connectivity index (χ4n) is 4.46. The summed E-state index contributed by atoms with van der Waals surface area (Å²) in [6, 6.07) is 14.6. The van der Waals surface area contributed by atoms with Gasteiger partial charge in [-0.3, -0.25) is 14.5 Å². The minimum Gasteiger partial charge on any atom is -0.466 e. The van der Waals surface area contributed by atoms with Crippen LogP contribution < -0.4 is 0 Å². The number of rotatable bonds is 9. The van der Waals surface area contributed by atoms with Crippen molar-refractivity contribution in [1.82, 2.24) is 14.8 Å². The zero-order chi connectivity index (χ0) is 25.5. The van der Waals surface area contributed by atoms with Gasteiger partial charge in [0.05, 0.1) is 19.1 Å². The maximum absolute atomic E-state index is 13.4. The van der Waals surface area contributed by atoms with Gasteiger partial charge >= 0.3 is 5.97 Å². The van der Waals surface area contributed by atoms with E-state index in [1.807, 2.05) is 12.1 Å². The predicted octanol–water partition coefficient (Wildman–Crippen LogP) is 4.74. The van der Waals surface area contributed by atoms with E-state index in [9.17, 15) is 14.0 Å². The summed E-state index contributed by atoms with van der Waals surface area (Å²) >= 11 is 0. The number of esters is 1. The van der Waals surface area contributed by atoms with Gasteiger partial charge < -0.3 is 14.1 Å². The van der Waals surface area contributed by atoms with Crippen molar-refractivity contribution in [2.75, 3.05) is 19.7 Å². The van der Waals surface area contributed by atoms with Crippen molar-refractivity contribution in [1.29, 1.82) is 0 Å². The normalized spacial score (nSPS) is 14.3. The van der Waals surface area contributed by atoms with Gasteiger partial charge in [-0.05, 0) is 55.5 Å². The zero-order valence-corrected chi connectivity index (χ0v) is 20.8. The molecule has 0 bridgehead atoms. The molecule has 2 aromatic carbocycles. The number of carbonyl (C=O) groups is 2. The third-order valence-electron chi connectivity index (χ3n) is 6.51. The number of aryl methyl sites for hydroxylation is 1. The maximum Gasteiger partial charge on any atom is 0.309 e. The van der Waals surface area contributed by atoms with Crippen LogP contribution in [-0.2, 0) is 29.2 Å². The number of carbonyl (C=O) groups excluding carboxylic acids is 2. The molecule has 0 spiro atoms. The fraction of sp³-hybridized carbons (Fsp3) is 0.393. The van der Waals surface area contributed by atoms with Gasteiger partial charge in [-0.15, -0.1) is 0 Å². The molecule has 1 aromatic heterocycles. The van der Waals surface area contributed by atoms with Crippen molar-refractivity contribution in [3.63, 3.8) is 0 Å². The third-order valence-corrected chi connectivity index (χ3v) is 6.51. The van der Waals surface area contributed by atoms with Gasteiger partial charge in [-0.1, -0.05) is 36.4 Å². The highest BCUT2D eigenvalue weighted by Gasteiger charge is 2.30. The van der Waals surface area contributed by atoms with Crippen LogP contribution in [-0.4, -0.2) is 46.4 Å². The molecule has 0 aliphatic carbocycles. The summed E-state index contributed by atoms with van der Waals surface area (Å²) in [7, 11) is 0. The maximum atomic E-state index is 13.4. The van der Waals surface area contributed by atoms with Crippen LogP contribution in [0.4, 0.5) is 4.39 Å². The van der Waals surface area contributed by atoms with E-state index in [2.05, 4.69) is 28.9 Å². The summed E-state index contributed by atoms with van der Waals surface area (Å²) < 4.78 is 24.2. The molecule has 1 amide bonds. The molecule has 7 nitrogen and oxygen atoms in total. The molecular formula is C28H32FN3O4. The second-order valence-corrected chi connectivity index (χ2v) is 9.14. The number of ether oxygens (including phenoxy) is 1. The number of hydrogen-bond acceptors (Lipinski definition) is 6. The van der Waals surface area contributed by atoms with Gasteiger partial charge in [0.1, 0.15) is 12.1 Å². The Bertz CT molecular complexity index is 1170. The zero-order valence-electron chi connectivity index (χ0n) is 20.8. The van der Waals surface area contributed by atoms with Crippen LogP contribution in [0.2, 0.25) is 0 Å². The highest BCUT2D eigenvalue weighted by Crippen LogP contribution is 2.21. The third kappa shape index (κ3) is 6.57. The van der Waals surface area contributed by atoms with Crippen molar-refractivity contribution in [2.24, 2.45) is 5.92 Å². The van der Waals surface area contributed by atoms with Crippen LogP contribution in [0, 0.1) is 18.7 Å². The van der Waals surface area contributed by atoms with E-state index < -0.39 is 0 Å². The largest absolute Gasteiger partial charge is 0.466 e. The molecule has 0 radical (unpaired) electrons. The lowest BCUT2D eigenvalue weighted by molar-refractivity contribution is -0.149. The predicted molar refractivity (Wildman–Crippen MR) is 132 cm³/mol. The molecule has 3 aromatic rings. The first kappa shape index (κ1) is 25.6. The van der Waals surface area contributed by atoms with Crippen LogP contribution in [0.5, 0.6) is 0 Å². The van der Waals surface area contributed by atoms with E-state index in [0.717, 1.165) is 5.56 Å². The fourth-order valence-corrected chi connectivity index (χ4v) is 4.46. The first-order valence-corrected chi connectivity index (χ1v) is 12.3. The number of oxazole rings is 1. The molecule has 190 valence electrons. The van der Waals surface area contributed by atoms with Crippen LogP contribution in [0.25, 0.3) is 0 Å². The SMILES string of the molecule is CCOC(=O)C1CCN(C(=O)c2coc(CN(Cc3ccc(F)cc3)Cc3ccccc3C)n2)CC1. The Morgan fingerprint density at radius 1 is 1.08 bits per heavy atom. The van der Waals surface area contributed by atoms with Gasteiger partial charge in [0, 0.05) is 26.2 Å². The average Bonchev–Trinajstić information content (AvgIpc) is 3.35. The van der Waals surface area contributed by atoms with Crippen LogP contribution >= 0.6 is 0 Å². The molecule has 1 aliphatic heterocycles. The quantitative estimate of drug-likeness (QED) is 0.401. The lowest BCUT2D eigenvalue weighted by Gasteiger charge is -2.30. The van der Waals surface area contributed by atoms with Crippen molar-refractivity contribution >= 4 is 11.9 Å². The summed E-state index contributed by atoms with van der Waals surface area (Å²) in [5, 5.41) is 0. The van der Waals surface area contributed by atoms with Gasteiger partial charge in [-0.25, -0.2) is 9.37 Å². The van der Waals surface area contributed by atoms with E-state index in [1.54, 1.807) is 24.0 Å². The molecule has 0 atom stereocenters. The molecule has 2 heterocycles. The number of piperidine rings is 1. The number of likely N-dealkylation sites (tertiary alicyclic amines) is 1. The van der Waals surface area contributed by atoms with Crippen molar-refractivity contribution in [3.05, 3.63) is 88.9 Å². The Morgan fingerprint density at radius 2 is 1.81 bits per heavy atom. The first-order valence-electron chi connectivity index (χ1n) is 12.3. The number of benzene rings is 2. The Balaban J connectivity index is 1.42. The topological polar surface area (TPSA) is 75.9 Å². The summed E-state index contributed by atoms with van der Waals surface area (Å²) in [6.07, 6.45) is 2.56. The lowest BCUT2D eigenvalue weighted by Crippen LogP contribution is -2.40. The highest BCUT2D eigenvalue weighted by molar-refractivity contribution is 5.92. The monoisotopic (exact) mass is 493 g/mol. The Kier molecular flexibility index (Phi) is 8.48. The van der Waals surface area contributed by atoms with Crippen molar-refractivity contribution in [2.45, 2.75) is 46.3 Å². The summed E-state index contributed by atoms with van der Waals surface area (Å²) in [5.74, 6) is -0.385. The van der Waals surface area contributed by atoms with E-state index in [4.69, 9.17) is 9.15 Å². The molecule has 8 heteroatoms. The summed E-state index contributed by atoms with van der Waals surface area (Å²) in [5.41, 5.74) is 3.58. The number of nitrogens with zero attached hydrogens (tertiary/aromatic N) is 3. The van der Waals surface area contributed by atoms with Gasteiger partial charge in [0.2, 0.25) is 5.89 Å². The van der Waals surface area contributed by atoms with Gasteiger partial charge in [0.25, 0.3) is 5.91 Å². The van der Waals surface area contributed by atoms with Crippen LogP contribution in [0.3, 0.4) is 0 Å². The minimum absolute atomic E-state index is 0.164. The summed E-state index contributed by atoms with van der Waals surface area (Å²) in [6.45, 7) is 6.80. The van der Waals surface area contributed by atoms with E-state index in [-0.39, 0.29) is 29.3 Å². The number of aromatic nitrogens is 1. The van der Waals surface area contributed by atoms with Crippen molar-refractivity contribution in [3.8, 4) is 0 Å². The summed E-state index contributed by atoms with van der Waals surface area (Å²) in [4.78, 5) is 33.3. The minimum atomic E-state index is -0.272. The molecule has 1 saturated heterocycles. The highest BCUT2D eigenvalue weighted by atomic mass is 19.1. The molecule has 0 unspecified atom stereocenters. The van der Waals surface area contributed by atoms with Gasteiger partial charge in [-0.2, -0.15) is 0 Å². The number of halogens is 1. The second-order valence-electron chi connectivity index (χ2n) is 9.14. The smallest absolute Gasteiger partial charge is 0.309 e. The number of amides is 1. The molecule has 36 heavy (non-hydrogen) atoms. The van der Waals surface area contributed by atoms with Crippen LogP contribution in [0.15, 0.2) is 59.2 Å². The van der Waals surface area contributed by atoms with Gasteiger partial charge in [0.15, 0.2) is 5.69 Å². The van der Waals surface area contributed by atoms with Crippen molar-refractivity contribution < 1.29 is 23.1 Å². The van der Waals surface area contributed by atoms with E-state index in [0.29, 0.717) is 58.1 Å². The van der Waals surface area contributed by atoms with E-state index >= 15 is 0 Å². The molecule has 0 saturated carbocycles. The lowest BCUT2D eigenvalue weighted by atomic mass is 9.97. The Labute approximate surface area is 210 Å². The van der Waals surface area contributed by atoms with E-state index in [1.165, 1.54) is 29.5 Å². The molecule has 1 aliphatic rings. The molecule has 0 N–H and O–H groups in total. The first-order chi connectivity index (χ1) is 17.4. The standard InChI is InChI=1S/C28H32FN3O4/c1-3-35-28(34)22-12-14-32(15-13-22)27(33)25-19-36-26(30-25)18-31(16-21-8-10-24(29)11-9-21)17-23-7-5-4-6-20(23)2/h4-11,19,22H,3,12-18H2,1-2H3. The molecule has 4 rings (SSSR count).